The summed E-state index contributed by atoms with van der Waals surface area (Å²) in [6.07, 6.45) is 3.69. The average Bonchev–Trinajstić information content (AvgIpc) is 2.72. The molecular weight excluding hydrogens is 431 g/mol. The summed E-state index contributed by atoms with van der Waals surface area (Å²) < 4.78 is 20.1. The van der Waals surface area contributed by atoms with Crippen molar-refractivity contribution in [3.05, 3.63) is 47.3 Å². The lowest BCUT2D eigenvalue weighted by atomic mass is 9.69. The Morgan fingerprint density at radius 1 is 1.28 bits per heavy atom. The molecule has 5 nitrogen and oxygen atoms in total. The van der Waals surface area contributed by atoms with Gasteiger partial charge in [0.15, 0.2) is 0 Å². The van der Waals surface area contributed by atoms with Gasteiger partial charge in [-0.15, -0.1) is 0 Å². The zero-order valence-corrected chi connectivity index (χ0v) is 19.8. The van der Waals surface area contributed by atoms with Crippen molar-refractivity contribution >= 4 is 23.4 Å². The molecule has 1 aromatic carbocycles. The lowest BCUT2D eigenvalue weighted by Gasteiger charge is -2.56. The Kier molecular flexibility index (Phi) is 6.14. The van der Waals surface area contributed by atoms with Crippen molar-refractivity contribution in [3.63, 3.8) is 0 Å². The number of hydrogen-bond donors (Lipinski definition) is 0. The van der Waals surface area contributed by atoms with Crippen LogP contribution >= 0.6 is 11.6 Å². The van der Waals surface area contributed by atoms with E-state index in [1.807, 2.05) is 23.6 Å². The van der Waals surface area contributed by atoms with Crippen LogP contribution in [0.1, 0.15) is 51.5 Å². The SMILES string of the molecule is C=CC(=O)N1CC2(CCN(C(=O)[C@@H]3COC(C)(C)C[C@H]3c3cc(F)ccc3Cl)[C@@H](C)C2)C1. The van der Waals surface area contributed by atoms with Gasteiger partial charge in [0, 0.05) is 42.0 Å². The monoisotopic (exact) mass is 462 g/mol. The first-order valence-electron chi connectivity index (χ1n) is 11.3. The Hall–Kier alpha value is -1.92. The molecule has 2 amide bonds. The van der Waals surface area contributed by atoms with Gasteiger partial charge in [0.2, 0.25) is 11.8 Å². The third kappa shape index (κ3) is 4.32. The van der Waals surface area contributed by atoms with Gasteiger partial charge in [0.25, 0.3) is 0 Å². The molecule has 4 rings (SSSR count). The molecule has 0 saturated carbocycles. The number of carbonyl (C=O) groups excluding carboxylic acids is 2. The van der Waals surface area contributed by atoms with E-state index >= 15 is 0 Å². The molecule has 32 heavy (non-hydrogen) atoms. The molecule has 3 atom stereocenters. The number of hydrogen-bond acceptors (Lipinski definition) is 3. The number of nitrogens with zero attached hydrogens (tertiary/aromatic N) is 2. The highest BCUT2D eigenvalue weighted by Crippen LogP contribution is 2.46. The van der Waals surface area contributed by atoms with Crippen molar-refractivity contribution in [3.8, 4) is 0 Å². The minimum atomic E-state index is -0.415. The zero-order chi connectivity index (χ0) is 23.3. The van der Waals surface area contributed by atoms with Gasteiger partial charge in [-0.1, -0.05) is 18.2 Å². The molecule has 0 radical (unpaired) electrons. The highest BCUT2D eigenvalue weighted by atomic mass is 35.5. The summed E-state index contributed by atoms with van der Waals surface area (Å²) in [5.74, 6) is -0.942. The summed E-state index contributed by atoms with van der Waals surface area (Å²) in [4.78, 5) is 29.3. The molecule has 1 aromatic rings. The fourth-order valence-electron chi connectivity index (χ4n) is 5.82. The van der Waals surface area contributed by atoms with Crippen LogP contribution in [0.3, 0.4) is 0 Å². The molecule has 174 valence electrons. The minimum Gasteiger partial charge on any atom is -0.375 e. The van der Waals surface area contributed by atoms with Crippen LogP contribution in [-0.2, 0) is 14.3 Å². The Morgan fingerprint density at radius 3 is 2.66 bits per heavy atom. The Bertz CT molecular complexity index is 928. The van der Waals surface area contributed by atoms with E-state index in [1.165, 1.54) is 18.2 Å². The predicted molar refractivity (Wildman–Crippen MR) is 122 cm³/mol. The van der Waals surface area contributed by atoms with E-state index in [9.17, 15) is 14.0 Å². The zero-order valence-electron chi connectivity index (χ0n) is 19.1. The molecule has 3 aliphatic heterocycles. The lowest BCUT2D eigenvalue weighted by molar-refractivity contribution is -0.160. The summed E-state index contributed by atoms with van der Waals surface area (Å²) in [6, 6.07) is 4.44. The normalized spacial score (nSPS) is 28.8. The highest BCUT2D eigenvalue weighted by molar-refractivity contribution is 6.31. The van der Waals surface area contributed by atoms with Gasteiger partial charge >= 0.3 is 0 Å². The van der Waals surface area contributed by atoms with E-state index < -0.39 is 11.5 Å². The third-order valence-corrected chi connectivity index (χ3v) is 7.84. The van der Waals surface area contributed by atoms with Gasteiger partial charge in [-0.05, 0) is 69.9 Å². The number of rotatable bonds is 3. The number of halogens is 2. The summed E-state index contributed by atoms with van der Waals surface area (Å²) in [5, 5.41) is 0.485. The first-order valence-corrected chi connectivity index (χ1v) is 11.7. The summed E-state index contributed by atoms with van der Waals surface area (Å²) >= 11 is 6.45. The van der Waals surface area contributed by atoms with Crippen molar-refractivity contribution in [2.45, 2.75) is 57.6 Å². The summed E-state index contributed by atoms with van der Waals surface area (Å²) in [7, 11) is 0. The van der Waals surface area contributed by atoms with E-state index in [2.05, 4.69) is 13.5 Å². The molecule has 0 unspecified atom stereocenters. The van der Waals surface area contributed by atoms with Crippen LogP contribution in [-0.4, -0.2) is 59.5 Å². The maximum Gasteiger partial charge on any atom is 0.245 e. The van der Waals surface area contributed by atoms with Gasteiger partial charge in [-0.25, -0.2) is 4.39 Å². The number of likely N-dealkylation sites (tertiary alicyclic amines) is 2. The minimum absolute atomic E-state index is 0.0291. The van der Waals surface area contributed by atoms with Crippen molar-refractivity contribution in [2.24, 2.45) is 11.3 Å². The van der Waals surface area contributed by atoms with Crippen LogP contribution < -0.4 is 0 Å². The maximum absolute atomic E-state index is 14.1. The molecule has 3 saturated heterocycles. The third-order valence-electron chi connectivity index (χ3n) is 7.49. The quantitative estimate of drug-likeness (QED) is 0.625. The van der Waals surface area contributed by atoms with E-state index in [-0.39, 0.29) is 35.0 Å². The maximum atomic E-state index is 14.1. The van der Waals surface area contributed by atoms with Crippen LogP contribution in [0.2, 0.25) is 5.02 Å². The molecule has 7 heteroatoms. The molecule has 0 N–H and O–H groups in total. The fourth-order valence-corrected chi connectivity index (χ4v) is 6.08. The number of piperidine rings is 1. The molecular formula is C25H32ClFN2O3. The molecule has 0 bridgehead atoms. The molecule has 3 fully saturated rings. The van der Waals surface area contributed by atoms with Gasteiger partial charge < -0.3 is 14.5 Å². The van der Waals surface area contributed by atoms with Crippen LogP contribution in [0.5, 0.6) is 0 Å². The first-order chi connectivity index (χ1) is 15.0. The van der Waals surface area contributed by atoms with Crippen molar-refractivity contribution in [1.29, 1.82) is 0 Å². The standard InChI is InChI=1S/C25H32ClFN2O3/c1-5-22(30)28-14-25(15-28)8-9-29(16(2)11-25)23(31)20-13-32-24(3,4)12-19(20)18-10-17(27)6-7-21(18)26/h5-7,10,16,19-20H,1,8-9,11-15H2,2-4H3/t16-,19-,20+/m0/s1. The number of ether oxygens (including phenoxy) is 1. The second-order valence-electron chi connectivity index (χ2n) is 10.4. The second kappa shape index (κ2) is 8.45. The van der Waals surface area contributed by atoms with Crippen molar-refractivity contribution in [1.82, 2.24) is 9.80 Å². The Balaban J connectivity index is 1.51. The van der Waals surface area contributed by atoms with Crippen molar-refractivity contribution in [2.75, 3.05) is 26.2 Å². The van der Waals surface area contributed by atoms with E-state index in [0.29, 0.717) is 30.2 Å². The lowest BCUT2D eigenvalue weighted by Crippen LogP contribution is -2.64. The topological polar surface area (TPSA) is 49.9 Å². The van der Waals surface area contributed by atoms with Gasteiger partial charge in [-0.3, -0.25) is 9.59 Å². The predicted octanol–water partition coefficient (Wildman–Crippen LogP) is 4.40. The van der Waals surface area contributed by atoms with Crippen molar-refractivity contribution < 1.29 is 18.7 Å². The van der Waals surface area contributed by atoms with Crippen LogP contribution in [0.4, 0.5) is 4.39 Å². The Morgan fingerprint density at radius 2 is 2.00 bits per heavy atom. The average molecular weight is 463 g/mol. The first kappa shape index (κ1) is 23.2. The number of benzene rings is 1. The van der Waals surface area contributed by atoms with Crippen LogP contribution in [0.15, 0.2) is 30.9 Å². The van der Waals surface area contributed by atoms with Crippen LogP contribution in [0.25, 0.3) is 0 Å². The van der Waals surface area contributed by atoms with E-state index in [4.69, 9.17) is 16.3 Å². The molecule has 3 aliphatic rings. The number of amides is 2. The largest absolute Gasteiger partial charge is 0.375 e. The molecule has 1 spiro atoms. The molecule has 0 aliphatic carbocycles. The number of carbonyl (C=O) groups is 2. The summed E-state index contributed by atoms with van der Waals surface area (Å²) in [6.45, 7) is 12.0. The van der Waals surface area contributed by atoms with E-state index in [1.54, 1.807) is 6.07 Å². The molecule has 3 heterocycles. The summed E-state index contributed by atoms with van der Waals surface area (Å²) in [5.41, 5.74) is 0.354. The highest BCUT2D eigenvalue weighted by Gasteiger charge is 2.50. The second-order valence-corrected chi connectivity index (χ2v) is 10.8. The van der Waals surface area contributed by atoms with Gasteiger partial charge in [0.05, 0.1) is 18.1 Å². The Labute approximate surface area is 194 Å². The van der Waals surface area contributed by atoms with Gasteiger partial charge in [-0.2, -0.15) is 0 Å². The molecule has 0 aromatic heterocycles. The fraction of sp³-hybridized carbons (Fsp3) is 0.600. The van der Waals surface area contributed by atoms with E-state index in [0.717, 1.165) is 25.9 Å². The van der Waals surface area contributed by atoms with Crippen LogP contribution in [0, 0.1) is 17.2 Å². The smallest absolute Gasteiger partial charge is 0.245 e. The van der Waals surface area contributed by atoms with Gasteiger partial charge in [0.1, 0.15) is 5.82 Å².